The zero-order valence-electron chi connectivity index (χ0n) is 4.30. The zero-order valence-corrected chi connectivity index (χ0v) is 16.4. The fourth-order valence-electron chi connectivity index (χ4n) is 0. The fraction of sp³-hybridized carbons (Fsp3) is 1.00. The topological polar surface area (TPSA) is 0 Å². The van der Waals surface area contributed by atoms with Gasteiger partial charge in [-0.2, -0.15) is 0 Å². The maximum Gasteiger partial charge on any atom is 0.0516 e. The van der Waals surface area contributed by atoms with Gasteiger partial charge in [0.05, 0.1) is 2.43 Å². The quantitative estimate of drug-likeness (QED) is 0.258. The van der Waals surface area contributed by atoms with Gasteiger partial charge in [-0.15, -0.1) is 49.6 Å². The Kier molecular flexibility index (Phi) is 339. The van der Waals surface area contributed by atoms with Crippen LogP contribution in [0, 0.1) is 0 Å². The first-order valence-electron chi connectivity index (χ1n) is 0.535. The Morgan fingerprint density at radius 3 is 0.778 bits per heavy atom. The van der Waals surface area contributed by atoms with Crippen LogP contribution < -0.4 is 0 Å². The van der Waals surface area contributed by atoms with E-state index in [9.17, 15) is 0 Å². The summed E-state index contributed by atoms with van der Waals surface area (Å²) in [7, 11) is 0. The van der Waals surface area contributed by atoms with Crippen molar-refractivity contribution in [3.05, 3.63) is 0 Å². The zero-order chi connectivity index (χ0) is 2.71. The fourth-order valence-corrected chi connectivity index (χ4v) is 0. The second-order valence-corrected chi connectivity index (χ2v) is 4.55. The van der Waals surface area contributed by atoms with Crippen molar-refractivity contribution < 1.29 is 41.2 Å². The van der Waals surface area contributed by atoms with Crippen LogP contribution in [0.3, 0.4) is 0 Å². The first-order chi connectivity index (χ1) is 1.41. The number of hydrogen-bond donors (Lipinski definition) is 0. The summed E-state index contributed by atoms with van der Waals surface area (Å²) in [5.74, 6) is 0. The Morgan fingerprint density at radius 2 is 0.778 bits per heavy atom. The normalized spacial score (nSPS) is 2.00. The smallest absolute Gasteiger partial charge is 0.0516 e. The number of halogens is 6. The molecule has 0 radical (unpaired) electrons. The molecule has 0 aromatic heterocycles. The molecule has 0 aromatic rings. The Morgan fingerprint density at radius 1 is 0.778 bits per heavy atom. The molecule has 0 aliphatic heterocycles. The van der Waals surface area contributed by atoms with Crippen molar-refractivity contribution in [2.75, 3.05) is 2.43 Å². The first-order valence-corrected chi connectivity index (χ1v) is 3.59. The molecule has 0 aliphatic rings. The van der Waals surface area contributed by atoms with Gasteiger partial charge in [0.15, 0.2) is 0 Å². The Labute approximate surface area is 136 Å². The van der Waals surface area contributed by atoms with Gasteiger partial charge in [-0.1, -0.05) is 45.2 Å². The molecule has 0 spiro atoms. The van der Waals surface area contributed by atoms with Gasteiger partial charge in [-0.25, -0.2) is 0 Å². The van der Waals surface area contributed by atoms with Crippen LogP contribution in [0.1, 0.15) is 0 Å². The molecule has 0 fully saturated rings. The average Bonchev–Trinajstić information content (AvgIpc) is 0.918. The second-order valence-electron chi connectivity index (χ2n) is 0.101. The summed E-state index contributed by atoms with van der Waals surface area (Å²) in [4.78, 5) is 0. The second kappa shape index (κ2) is 58.4. The molecule has 0 bridgehead atoms. The molecular weight excluding hydrogens is 521 g/mol. The molecule has 58 valence electrons. The molecule has 0 saturated heterocycles. The molecule has 0 N–H and O–H groups in total. The monoisotopic (exact) mass is 524 g/mol. The van der Waals surface area contributed by atoms with Crippen molar-refractivity contribution in [3.8, 4) is 0 Å². The van der Waals surface area contributed by atoms with Crippen LogP contribution in [0.4, 0.5) is 0 Å². The average molecular weight is 527 g/mol. The van der Waals surface area contributed by atoms with Gasteiger partial charge in [0, 0.05) is 41.2 Å². The van der Waals surface area contributed by atoms with E-state index < -0.39 is 0 Å². The molecule has 0 heterocycles. The molecule has 0 atom stereocenters. The molecule has 0 aromatic carbocycles. The number of alkyl halides is 2. The first kappa shape index (κ1) is 52.2. The summed E-state index contributed by atoms with van der Waals surface area (Å²) in [6.45, 7) is 0. The van der Waals surface area contributed by atoms with E-state index in [1.54, 1.807) is 0 Å². The number of hydrogen-bond acceptors (Lipinski definition) is 0. The van der Waals surface area contributed by atoms with Crippen molar-refractivity contribution in [2.45, 2.75) is 0 Å². The molecule has 9 heavy (non-hydrogen) atoms. The van der Waals surface area contributed by atoms with E-state index in [2.05, 4.69) is 45.2 Å². The Balaban J connectivity index is -0.00000000133. The summed E-state index contributed by atoms with van der Waals surface area (Å²) >= 11 is 4.55. The number of rotatable bonds is 0. The van der Waals surface area contributed by atoms with Crippen LogP contribution in [0.2, 0.25) is 0 Å². The predicted octanol–water partition coefficient (Wildman–Crippen LogP) is 3.50. The van der Waals surface area contributed by atoms with E-state index in [1.165, 1.54) is 2.43 Å². The molecular formula is CH6Cl4I2TiZn. The molecule has 0 rings (SSSR count). The van der Waals surface area contributed by atoms with Crippen molar-refractivity contribution >= 4 is 94.8 Å². The van der Waals surface area contributed by atoms with Crippen molar-refractivity contribution in [1.29, 1.82) is 0 Å². The van der Waals surface area contributed by atoms with Crippen LogP contribution in [-0.4, -0.2) is 2.43 Å². The van der Waals surface area contributed by atoms with Gasteiger partial charge in [-0.3, -0.25) is 0 Å². The minimum Gasteiger partial charge on any atom is -0.147 e. The maximum atomic E-state index is 2.28. The summed E-state index contributed by atoms with van der Waals surface area (Å²) in [6.07, 6.45) is 0. The van der Waals surface area contributed by atoms with Gasteiger partial charge in [0.2, 0.25) is 0 Å². The van der Waals surface area contributed by atoms with Crippen molar-refractivity contribution in [1.82, 2.24) is 0 Å². The molecule has 0 unspecified atom stereocenters. The van der Waals surface area contributed by atoms with E-state index in [-0.39, 0.29) is 90.8 Å². The summed E-state index contributed by atoms with van der Waals surface area (Å²) in [6, 6.07) is 0. The third-order valence-corrected chi connectivity index (χ3v) is 0. The van der Waals surface area contributed by atoms with Crippen LogP contribution in [-0.2, 0) is 41.2 Å². The summed E-state index contributed by atoms with van der Waals surface area (Å²) in [5, 5.41) is 0. The molecule has 8 heteroatoms. The Bertz CT molecular complexity index is 18.5. The molecule has 0 nitrogen and oxygen atoms in total. The minimum absolute atomic E-state index is 0. The minimum atomic E-state index is 0. The van der Waals surface area contributed by atoms with Crippen LogP contribution in [0.15, 0.2) is 0 Å². The van der Waals surface area contributed by atoms with Gasteiger partial charge in [0.25, 0.3) is 0 Å². The van der Waals surface area contributed by atoms with Crippen LogP contribution >= 0.6 is 94.8 Å². The van der Waals surface area contributed by atoms with Gasteiger partial charge in [0.1, 0.15) is 0 Å². The molecule has 0 amide bonds. The van der Waals surface area contributed by atoms with Crippen LogP contribution in [0.25, 0.3) is 0 Å². The molecule has 0 saturated carbocycles. The van der Waals surface area contributed by atoms with Gasteiger partial charge in [-0.05, 0) is 0 Å². The van der Waals surface area contributed by atoms with E-state index in [0.717, 1.165) is 0 Å². The standard InChI is InChI=1S/CH2I2.4ClH.Ti.Zn/c2-1-3;;;;;;/h1H2;4*1H;;. The third-order valence-electron chi connectivity index (χ3n) is 0. The maximum absolute atomic E-state index is 2.28. The largest absolute Gasteiger partial charge is 0.147 e. The van der Waals surface area contributed by atoms with Crippen molar-refractivity contribution in [3.63, 3.8) is 0 Å². The predicted molar refractivity (Wildman–Crippen MR) is 61.9 cm³/mol. The van der Waals surface area contributed by atoms with E-state index in [4.69, 9.17) is 0 Å². The van der Waals surface area contributed by atoms with Gasteiger partial charge < -0.3 is 0 Å². The Hall–Kier alpha value is 3.96. The third kappa shape index (κ3) is 75.7. The van der Waals surface area contributed by atoms with E-state index >= 15 is 0 Å². The van der Waals surface area contributed by atoms with E-state index in [1.807, 2.05) is 0 Å². The van der Waals surface area contributed by atoms with E-state index in [0.29, 0.717) is 0 Å². The SMILES string of the molecule is Cl.Cl.Cl.Cl.ICI.[Ti].[Zn]. The van der Waals surface area contributed by atoms with Crippen molar-refractivity contribution in [2.24, 2.45) is 0 Å². The van der Waals surface area contributed by atoms with Crippen LogP contribution in [0.5, 0.6) is 0 Å². The van der Waals surface area contributed by atoms with Gasteiger partial charge >= 0.3 is 0 Å². The summed E-state index contributed by atoms with van der Waals surface area (Å²) < 4.78 is 1.19. The molecule has 0 aliphatic carbocycles. The summed E-state index contributed by atoms with van der Waals surface area (Å²) in [5.41, 5.74) is 0.